The number of hydrogen-bond donors (Lipinski definition) is 0. The molecule has 0 aromatic heterocycles. The summed E-state index contributed by atoms with van der Waals surface area (Å²) in [5, 5.41) is -0.0337. The molecule has 0 aliphatic rings. The maximum atomic E-state index is 12.5. The fourth-order valence-electron chi connectivity index (χ4n) is 1.88. The smallest absolute Gasteiger partial charge is 0.118 e. The van der Waals surface area contributed by atoms with E-state index in [9.17, 15) is 4.21 Å². The average molecular weight is 274 g/mol. The molecule has 0 amide bonds. The highest BCUT2D eigenvalue weighted by Gasteiger charge is 2.15. The van der Waals surface area contributed by atoms with E-state index in [2.05, 4.69) is 0 Å². The molecule has 2 atom stereocenters. The molecule has 0 aliphatic carbocycles. The van der Waals surface area contributed by atoms with E-state index < -0.39 is 10.8 Å². The van der Waals surface area contributed by atoms with Gasteiger partial charge in [-0.1, -0.05) is 29.8 Å². The second-order valence-electron chi connectivity index (χ2n) is 4.53. The van der Waals surface area contributed by atoms with E-state index >= 15 is 0 Å². The highest BCUT2D eigenvalue weighted by atomic mass is 32.2. The minimum Gasteiger partial charge on any atom is -0.497 e. The van der Waals surface area contributed by atoms with Gasteiger partial charge in [0.05, 0.1) is 23.2 Å². The van der Waals surface area contributed by atoms with Crippen molar-refractivity contribution in [2.45, 2.75) is 24.0 Å². The Morgan fingerprint density at radius 3 is 2.11 bits per heavy atom. The van der Waals surface area contributed by atoms with Crippen molar-refractivity contribution in [1.82, 2.24) is 0 Å². The average Bonchev–Trinajstić information content (AvgIpc) is 2.46. The topological polar surface area (TPSA) is 26.3 Å². The van der Waals surface area contributed by atoms with Gasteiger partial charge in [0.15, 0.2) is 0 Å². The maximum Gasteiger partial charge on any atom is 0.118 e. The van der Waals surface area contributed by atoms with Crippen molar-refractivity contribution in [2.75, 3.05) is 7.11 Å². The lowest BCUT2D eigenvalue weighted by Gasteiger charge is -2.12. The summed E-state index contributed by atoms with van der Waals surface area (Å²) < 4.78 is 17.6. The van der Waals surface area contributed by atoms with Gasteiger partial charge in [0, 0.05) is 4.90 Å². The predicted octanol–water partition coefficient (Wildman–Crippen LogP) is 3.87. The van der Waals surface area contributed by atoms with Crippen LogP contribution < -0.4 is 4.74 Å². The molecule has 0 radical (unpaired) electrons. The molecule has 3 heteroatoms. The minimum atomic E-state index is -1.04. The zero-order valence-electron chi connectivity index (χ0n) is 11.4. The molecule has 2 rings (SSSR count). The Labute approximate surface area is 116 Å². The van der Waals surface area contributed by atoms with Crippen molar-refractivity contribution in [3.63, 3.8) is 0 Å². The molecule has 0 spiro atoms. The molecule has 0 fully saturated rings. The van der Waals surface area contributed by atoms with Crippen molar-refractivity contribution in [2.24, 2.45) is 0 Å². The summed E-state index contributed by atoms with van der Waals surface area (Å²) in [7, 11) is 0.605. The van der Waals surface area contributed by atoms with Gasteiger partial charge in [-0.2, -0.15) is 0 Å². The van der Waals surface area contributed by atoms with Gasteiger partial charge in [0.2, 0.25) is 0 Å². The van der Waals surface area contributed by atoms with E-state index in [1.54, 1.807) is 7.11 Å². The van der Waals surface area contributed by atoms with Crippen LogP contribution >= 0.6 is 0 Å². The third-order valence-corrected chi connectivity index (χ3v) is 4.81. The first kappa shape index (κ1) is 13.8. The molecule has 2 aromatic carbocycles. The van der Waals surface area contributed by atoms with E-state index in [-0.39, 0.29) is 5.25 Å². The lowest BCUT2D eigenvalue weighted by Crippen LogP contribution is -2.03. The summed E-state index contributed by atoms with van der Waals surface area (Å²) in [6.45, 7) is 4.01. The molecule has 0 N–H and O–H groups in total. The molecular weight excluding hydrogens is 256 g/mol. The highest BCUT2D eigenvalue weighted by Crippen LogP contribution is 2.26. The Morgan fingerprint density at radius 2 is 1.58 bits per heavy atom. The second-order valence-corrected chi connectivity index (χ2v) is 6.30. The van der Waals surface area contributed by atoms with Gasteiger partial charge in [-0.3, -0.25) is 4.21 Å². The van der Waals surface area contributed by atoms with E-state index in [0.717, 1.165) is 16.2 Å². The molecular formula is C16H18O2S. The fourth-order valence-corrected chi connectivity index (χ4v) is 3.09. The summed E-state index contributed by atoms with van der Waals surface area (Å²) in [6, 6.07) is 15.6. The number of hydrogen-bond acceptors (Lipinski definition) is 2. The molecule has 19 heavy (non-hydrogen) atoms. The molecule has 0 aliphatic heterocycles. The molecule has 0 bridgehead atoms. The first-order valence-corrected chi connectivity index (χ1v) is 7.44. The van der Waals surface area contributed by atoms with Crippen LogP contribution in [0.4, 0.5) is 0 Å². The summed E-state index contributed by atoms with van der Waals surface area (Å²) in [5.74, 6) is 0.817. The Morgan fingerprint density at radius 1 is 1.00 bits per heavy atom. The molecule has 0 heterocycles. The second kappa shape index (κ2) is 6.02. The zero-order chi connectivity index (χ0) is 13.8. The van der Waals surface area contributed by atoms with Crippen LogP contribution in [0.2, 0.25) is 0 Å². The van der Waals surface area contributed by atoms with E-state index in [1.165, 1.54) is 5.56 Å². The molecule has 0 saturated carbocycles. The Hall–Kier alpha value is -1.61. The highest BCUT2D eigenvalue weighted by molar-refractivity contribution is 7.85. The fraction of sp³-hybridized carbons (Fsp3) is 0.250. The van der Waals surface area contributed by atoms with E-state index in [4.69, 9.17) is 4.74 Å². The lowest BCUT2D eigenvalue weighted by molar-refractivity contribution is 0.414. The quantitative estimate of drug-likeness (QED) is 0.846. The SMILES string of the molecule is COc1ccc(C(C)S(=O)c2ccc(C)cc2)cc1. The number of methoxy groups -OCH3 is 1. The van der Waals surface area contributed by atoms with Crippen LogP contribution in [-0.2, 0) is 10.8 Å². The predicted molar refractivity (Wildman–Crippen MR) is 79.0 cm³/mol. The molecule has 2 unspecified atom stereocenters. The minimum absolute atomic E-state index is 0.0337. The van der Waals surface area contributed by atoms with Crippen molar-refractivity contribution in [3.05, 3.63) is 59.7 Å². The Kier molecular flexibility index (Phi) is 4.38. The van der Waals surface area contributed by atoms with Crippen molar-refractivity contribution in [3.8, 4) is 5.75 Å². The largest absolute Gasteiger partial charge is 0.497 e. The maximum absolute atomic E-state index is 12.5. The van der Waals surface area contributed by atoms with Gasteiger partial charge in [-0.25, -0.2) is 0 Å². The molecule has 0 saturated heterocycles. The van der Waals surface area contributed by atoms with Gasteiger partial charge in [0.1, 0.15) is 5.75 Å². The van der Waals surface area contributed by atoms with E-state index in [0.29, 0.717) is 0 Å². The first-order valence-electron chi connectivity index (χ1n) is 6.23. The van der Waals surface area contributed by atoms with Crippen LogP contribution in [0, 0.1) is 6.92 Å². The molecule has 100 valence electrons. The third-order valence-electron chi connectivity index (χ3n) is 3.16. The molecule has 2 nitrogen and oxygen atoms in total. The van der Waals surface area contributed by atoms with Crippen LogP contribution in [0.25, 0.3) is 0 Å². The number of benzene rings is 2. The van der Waals surface area contributed by atoms with Crippen LogP contribution in [0.15, 0.2) is 53.4 Å². The normalized spacial score (nSPS) is 13.8. The van der Waals surface area contributed by atoms with Gasteiger partial charge in [0.25, 0.3) is 0 Å². The number of ether oxygens (including phenoxy) is 1. The number of aryl methyl sites for hydroxylation is 1. The van der Waals surface area contributed by atoms with Crippen molar-refractivity contribution < 1.29 is 8.95 Å². The van der Waals surface area contributed by atoms with Crippen LogP contribution in [0.3, 0.4) is 0 Å². The van der Waals surface area contributed by atoms with Crippen LogP contribution in [-0.4, -0.2) is 11.3 Å². The van der Waals surface area contributed by atoms with Crippen molar-refractivity contribution >= 4 is 10.8 Å². The summed E-state index contributed by atoms with van der Waals surface area (Å²) in [4.78, 5) is 0.869. The summed E-state index contributed by atoms with van der Waals surface area (Å²) in [5.41, 5.74) is 2.23. The third kappa shape index (κ3) is 3.24. The van der Waals surface area contributed by atoms with Gasteiger partial charge in [-0.15, -0.1) is 0 Å². The standard InChI is InChI=1S/C16H18O2S/c1-12-4-10-16(11-5-12)19(17)13(2)14-6-8-15(18-3)9-7-14/h4-11,13H,1-3H3. The van der Waals surface area contributed by atoms with Crippen LogP contribution in [0.1, 0.15) is 23.3 Å². The Balaban J connectivity index is 2.20. The monoisotopic (exact) mass is 274 g/mol. The van der Waals surface area contributed by atoms with Gasteiger partial charge < -0.3 is 4.74 Å². The Bertz CT molecular complexity index is 558. The first-order chi connectivity index (χ1) is 9.11. The van der Waals surface area contributed by atoms with Crippen molar-refractivity contribution in [1.29, 1.82) is 0 Å². The lowest BCUT2D eigenvalue weighted by atomic mass is 10.2. The molecule has 2 aromatic rings. The summed E-state index contributed by atoms with van der Waals surface area (Å²) in [6.07, 6.45) is 0. The van der Waals surface area contributed by atoms with E-state index in [1.807, 2.05) is 62.4 Å². The van der Waals surface area contributed by atoms with Gasteiger partial charge >= 0.3 is 0 Å². The number of rotatable bonds is 4. The van der Waals surface area contributed by atoms with Crippen LogP contribution in [0.5, 0.6) is 5.75 Å². The van der Waals surface area contributed by atoms with Gasteiger partial charge in [-0.05, 0) is 43.7 Å². The zero-order valence-corrected chi connectivity index (χ0v) is 12.2. The summed E-state index contributed by atoms with van der Waals surface area (Å²) >= 11 is 0.